The summed E-state index contributed by atoms with van der Waals surface area (Å²) in [7, 11) is 0. The molecule has 2 N–H and O–H groups in total. The van der Waals surface area contributed by atoms with E-state index in [0.717, 1.165) is 35.8 Å². The van der Waals surface area contributed by atoms with E-state index in [4.69, 9.17) is 5.26 Å². The van der Waals surface area contributed by atoms with Crippen LogP contribution in [0.5, 0.6) is 0 Å². The number of hydrogen-bond donors (Lipinski definition) is 2. The Hall–Kier alpha value is -1.05. The number of anilines is 1. The Morgan fingerprint density at radius 1 is 1.44 bits per heavy atom. The molecule has 0 spiro atoms. The van der Waals surface area contributed by atoms with Gasteiger partial charge in [-0.2, -0.15) is 5.26 Å². The molecule has 1 aliphatic carbocycles. The summed E-state index contributed by atoms with van der Waals surface area (Å²) < 4.78 is 0.918. The molecular formula is C14H17BrN2O. The molecule has 1 saturated carbocycles. The lowest BCUT2D eigenvalue weighted by atomic mass is 9.86. The molecule has 4 heteroatoms. The van der Waals surface area contributed by atoms with Gasteiger partial charge in [0, 0.05) is 17.1 Å². The second-order valence-corrected chi connectivity index (χ2v) is 5.77. The van der Waals surface area contributed by atoms with E-state index in [1.807, 2.05) is 18.2 Å². The second kappa shape index (κ2) is 6.21. The molecule has 2 atom stereocenters. The molecule has 3 nitrogen and oxygen atoms in total. The summed E-state index contributed by atoms with van der Waals surface area (Å²) in [5, 5.41) is 21.8. The maximum Gasteiger partial charge on any atom is 0.101 e. The minimum atomic E-state index is 0.267. The van der Waals surface area contributed by atoms with Gasteiger partial charge in [-0.1, -0.05) is 22.4 Å². The maximum absolute atomic E-state index is 9.23. The maximum atomic E-state index is 9.23. The van der Waals surface area contributed by atoms with E-state index in [2.05, 4.69) is 27.3 Å². The lowest BCUT2D eigenvalue weighted by Crippen LogP contribution is -2.29. The van der Waals surface area contributed by atoms with Gasteiger partial charge in [0.25, 0.3) is 0 Å². The van der Waals surface area contributed by atoms with Gasteiger partial charge >= 0.3 is 0 Å². The van der Waals surface area contributed by atoms with Crippen molar-refractivity contribution >= 4 is 21.6 Å². The lowest BCUT2D eigenvalue weighted by Gasteiger charge is -2.29. The standard InChI is InChI=1S/C14H17BrN2O/c15-12-4-5-14(11(7-12)8-16)17-13-3-1-2-10(6-13)9-18/h4-5,7,10,13,17-18H,1-3,6,9H2. The van der Waals surface area contributed by atoms with Gasteiger partial charge in [0.05, 0.1) is 11.3 Å². The Kier molecular flexibility index (Phi) is 4.62. The number of nitrogens with zero attached hydrogens (tertiary/aromatic N) is 1. The fourth-order valence-electron chi connectivity index (χ4n) is 2.54. The quantitative estimate of drug-likeness (QED) is 0.901. The van der Waals surface area contributed by atoms with E-state index in [1.165, 1.54) is 0 Å². The van der Waals surface area contributed by atoms with Crippen molar-refractivity contribution in [1.29, 1.82) is 5.26 Å². The van der Waals surface area contributed by atoms with Crippen molar-refractivity contribution in [2.24, 2.45) is 5.92 Å². The van der Waals surface area contributed by atoms with E-state index in [0.29, 0.717) is 17.5 Å². The van der Waals surface area contributed by atoms with Crippen molar-refractivity contribution in [3.63, 3.8) is 0 Å². The molecule has 1 aliphatic rings. The molecule has 0 heterocycles. The number of hydrogen-bond acceptors (Lipinski definition) is 3. The van der Waals surface area contributed by atoms with Gasteiger partial charge in [0.2, 0.25) is 0 Å². The Bertz CT molecular complexity index is 456. The van der Waals surface area contributed by atoms with Crippen LogP contribution in [0.25, 0.3) is 0 Å². The molecule has 2 unspecified atom stereocenters. The van der Waals surface area contributed by atoms with Crippen LogP contribution < -0.4 is 5.32 Å². The van der Waals surface area contributed by atoms with Gasteiger partial charge in [-0.25, -0.2) is 0 Å². The van der Waals surface area contributed by atoms with Gasteiger partial charge in [-0.15, -0.1) is 0 Å². The summed E-state index contributed by atoms with van der Waals surface area (Å²) >= 11 is 3.37. The highest BCUT2D eigenvalue weighted by Crippen LogP contribution is 2.28. The topological polar surface area (TPSA) is 56.0 Å². The molecule has 18 heavy (non-hydrogen) atoms. The molecule has 0 aromatic heterocycles. The van der Waals surface area contributed by atoms with Gasteiger partial charge in [0.15, 0.2) is 0 Å². The number of aliphatic hydroxyl groups excluding tert-OH is 1. The average Bonchev–Trinajstić information content (AvgIpc) is 2.41. The van der Waals surface area contributed by atoms with Crippen LogP contribution >= 0.6 is 15.9 Å². The van der Waals surface area contributed by atoms with Gasteiger partial charge in [-0.05, 0) is 43.4 Å². The van der Waals surface area contributed by atoms with E-state index >= 15 is 0 Å². The molecule has 0 amide bonds. The van der Waals surface area contributed by atoms with Crippen LogP contribution in [0.4, 0.5) is 5.69 Å². The summed E-state index contributed by atoms with van der Waals surface area (Å²) in [6, 6.07) is 8.28. The molecular weight excluding hydrogens is 292 g/mol. The van der Waals surface area contributed by atoms with E-state index < -0.39 is 0 Å². The molecule has 1 aromatic carbocycles. The summed E-state index contributed by atoms with van der Waals surface area (Å²) in [6.07, 6.45) is 4.34. The van der Waals surface area contributed by atoms with Crippen LogP contribution in [0.15, 0.2) is 22.7 Å². The van der Waals surface area contributed by atoms with Crippen molar-refractivity contribution in [2.75, 3.05) is 11.9 Å². The first-order valence-electron chi connectivity index (χ1n) is 6.30. The third-order valence-electron chi connectivity index (χ3n) is 3.50. The number of nitrogens with one attached hydrogen (secondary N) is 1. The average molecular weight is 309 g/mol. The van der Waals surface area contributed by atoms with Gasteiger partial charge in [0.1, 0.15) is 6.07 Å². The minimum Gasteiger partial charge on any atom is -0.396 e. The molecule has 0 saturated heterocycles. The highest BCUT2D eigenvalue weighted by atomic mass is 79.9. The third-order valence-corrected chi connectivity index (χ3v) is 4.00. The Morgan fingerprint density at radius 3 is 3.00 bits per heavy atom. The van der Waals surface area contributed by atoms with Crippen molar-refractivity contribution in [2.45, 2.75) is 31.7 Å². The highest BCUT2D eigenvalue weighted by Gasteiger charge is 2.21. The van der Waals surface area contributed by atoms with Crippen molar-refractivity contribution < 1.29 is 5.11 Å². The molecule has 2 rings (SSSR count). The summed E-state index contributed by atoms with van der Waals surface area (Å²) in [5.74, 6) is 0.400. The zero-order chi connectivity index (χ0) is 13.0. The number of nitriles is 1. The number of rotatable bonds is 3. The molecule has 0 bridgehead atoms. The number of aliphatic hydroxyl groups is 1. The zero-order valence-electron chi connectivity index (χ0n) is 10.2. The summed E-state index contributed by atoms with van der Waals surface area (Å²) in [5.41, 5.74) is 1.56. The van der Waals surface area contributed by atoms with Crippen LogP contribution in [0.2, 0.25) is 0 Å². The summed E-state index contributed by atoms with van der Waals surface area (Å²) in [6.45, 7) is 0.267. The highest BCUT2D eigenvalue weighted by molar-refractivity contribution is 9.10. The van der Waals surface area contributed by atoms with Crippen LogP contribution in [0, 0.1) is 17.2 Å². The molecule has 1 aromatic rings. The Labute approximate surface area is 116 Å². The first kappa shape index (κ1) is 13.4. The lowest BCUT2D eigenvalue weighted by molar-refractivity contribution is 0.184. The fraction of sp³-hybridized carbons (Fsp3) is 0.500. The second-order valence-electron chi connectivity index (χ2n) is 4.86. The number of halogens is 1. The normalized spacial score (nSPS) is 23.4. The van der Waals surface area contributed by atoms with Gasteiger partial charge in [-0.3, -0.25) is 0 Å². The van der Waals surface area contributed by atoms with E-state index in [9.17, 15) is 5.11 Å². The van der Waals surface area contributed by atoms with Crippen LogP contribution in [-0.2, 0) is 0 Å². The smallest absolute Gasteiger partial charge is 0.101 e. The largest absolute Gasteiger partial charge is 0.396 e. The van der Waals surface area contributed by atoms with E-state index in [-0.39, 0.29) is 6.61 Å². The Morgan fingerprint density at radius 2 is 2.28 bits per heavy atom. The summed E-state index contributed by atoms with van der Waals surface area (Å²) in [4.78, 5) is 0. The van der Waals surface area contributed by atoms with E-state index in [1.54, 1.807) is 0 Å². The zero-order valence-corrected chi connectivity index (χ0v) is 11.8. The Balaban J connectivity index is 2.07. The van der Waals surface area contributed by atoms with Crippen molar-refractivity contribution in [3.05, 3.63) is 28.2 Å². The van der Waals surface area contributed by atoms with Gasteiger partial charge < -0.3 is 10.4 Å². The minimum absolute atomic E-state index is 0.267. The third kappa shape index (κ3) is 3.24. The molecule has 0 aliphatic heterocycles. The van der Waals surface area contributed by atoms with Crippen molar-refractivity contribution in [1.82, 2.24) is 0 Å². The predicted octanol–water partition coefficient (Wildman–Crippen LogP) is 3.28. The fourth-order valence-corrected chi connectivity index (χ4v) is 2.90. The van der Waals surface area contributed by atoms with Crippen LogP contribution in [0.3, 0.4) is 0 Å². The molecule has 1 fully saturated rings. The predicted molar refractivity (Wildman–Crippen MR) is 75.3 cm³/mol. The monoisotopic (exact) mass is 308 g/mol. The SMILES string of the molecule is N#Cc1cc(Br)ccc1NC1CCCC(CO)C1. The first-order valence-corrected chi connectivity index (χ1v) is 7.09. The van der Waals surface area contributed by atoms with Crippen molar-refractivity contribution in [3.8, 4) is 6.07 Å². The molecule has 96 valence electrons. The number of benzene rings is 1. The first-order chi connectivity index (χ1) is 8.72. The van der Waals surface area contributed by atoms with Crippen LogP contribution in [0.1, 0.15) is 31.2 Å². The van der Waals surface area contributed by atoms with Crippen LogP contribution in [-0.4, -0.2) is 17.8 Å². The molecule has 0 radical (unpaired) electrons.